The van der Waals surface area contributed by atoms with Gasteiger partial charge in [-0.1, -0.05) is 12.1 Å². The van der Waals surface area contributed by atoms with E-state index in [0.29, 0.717) is 32.4 Å². The predicted octanol–water partition coefficient (Wildman–Crippen LogP) is 1.20. The molecule has 1 unspecified atom stereocenters. The molecule has 1 aromatic rings. The predicted molar refractivity (Wildman–Crippen MR) is 131 cm³/mol. The topological polar surface area (TPSA) is 123 Å². The first-order valence-corrected chi connectivity index (χ1v) is 14.1. The van der Waals surface area contributed by atoms with Gasteiger partial charge in [-0.15, -0.1) is 0 Å². The molecular formula is C25H33N5O5S. The Morgan fingerprint density at radius 3 is 2.61 bits per heavy atom. The Labute approximate surface area is 212 Å². The lowest BCUT2D eigenvalue weighted by atomic mass is 9.97. The molecule has 0 aromatic heterocycles. The van der Waals surface area contributed by atoms with Crippen LogP contribution in [-0.2, 0) is 26.2 Å². The Hall–Kier alpha value is -2.68. The van der Waals surface area contributed by atoms with Gasteiger partial charge in [-0.3, -0.25) is 9.59 Å². The number of carbonyl (C=O) groups is 2. The second-order valence-electron chi connectivity index (χ2n) is 10.2. The molecule has 5 rings (SSSR count). The number of fused-ring (bicyclic) bond motifs is 1. The van der Waals surface area contributed by atoms with Crippen molar-refractivity contribution in [3.63, 3.8) is 0 Å². The van der Waals surface area contributed by atoms with Gasteiger partial charge in [0.1, 0.15) is 11.8 Å². The van der Waals surface area contributed by atoms with Crippen LogP contribution in [0.2, 0.25) is 0 Å². The molecule has 3 fully saturated rings. The smallest absolute Gasteiger partial charge is 0.282 e. The number of piperidine rings is 1. The summed E-state index contributed by atoms with van der Waals surface area (Å²) in [5, 5.41) is 12.1. The molecule has 3 saturated heterocycles. The minimum Gasteiger partial charge on any atom is -0.496 e. The molecular weight excluding hydrogens is 482 g/mol. The van der Waals surface area contributed by atoms with Gasteiger partial charge in [-0.25, -0.2) is 0 Å². The van der Waals surface area contributed by atoms with E-state index in [1.807, 2.05) is 18.2 Å². The third kappa shape index (κ3) is 4.46. The quantitative estimate of drug-likeness (QED) is 0.607. The molecule has 3 atom stereocenters. The molecule has 3 aliphatic heterocycles. The maximum Gasteiger partial charge on any atom is 0.282 e. The summed E-state index contributed by atoms with van der Waals surface area (Å²) in [7, 11) is -2.04. The number of methoxy groups -OCH3 is 1. The molecule has 1 aromatic carbocycles. The third-order valence-corrected chi connectivity index (χ3v) is 9.95. The van der Waals surface area contributed by atoms with E-state index >= 15 is 0 Å². The zero-order chi connectivity index (χ0) is 25.4. The van der Waals surface area contributed by atoms with Crippen molar-refractivity contribution in [2.75, 3.05) is 39.8 Å². The Balaban J connectivity index is 1.23. The van der Waals surface area contributed by atoms with Crippen LogP contribution in [0.25, 0.3) is 0 Å². The van der Waals surface area contributed by atoms with Crippen molar-refractivity contribution in [3.8, 4) is 11.8 Å². The average Bonchev–Trinajstić information content (AvgIpc) is 3.50. The number of carbonyl (C=O) groups excluding carboxylic acids is 2. The van der Waals surface area contributed by atoms with E-state index < -0.39 is 22.2 Å². The van der Waals surface area contributed by atoms with Gasteiger partial charge < -0.3 is 15.0 Å². The number of hydrogen-bond acceptors (Lipinski definition) is 6. The molecule has 10 nitrogen and oxygen atoms in total. The van der Waals surface area contributed by atoms with Gasteiger partial charge in [0, 0.05) is 32.7 Å². The highest BCUT2D eigenvalue weighted by Crippen LogP contribution is 2.37. The molecule has 1 N–H and O–H groups in total. The van der Waals surface area contributed by atoms with E-state index in [9.17, 15) is 18.0 Å². The number of nitrogens with one attached hydrogen (secondary N) is 1. The van der Waals surface area contributed by atoms with E-state index in [1.54, 1.807) is 12.0 Å². The van der Waals surface area contributed by atoms with Crippen molar-refractivity contribution in [1.82, 2.24) is 18.8 Å². The van der Waals surface area contributed by atoms with E-state index in [-0.39, 0.29) is 43.4 Å². The summed E-state index contributed by atoms with van der Waals surface area (Å²) in [5.41, 5.74) is 2.19. The minimum absolute atomic E-state index is 0.107. The van der Waals surface area contributed by atoms with Gasteiger partial charge in [0.15, 0.2) is 0 Å². The molecule has 0 spiro atoms. The molecule has 0 radical (unpaired) electrons. The van der Waals surface area contributed by atoms with Gasteiger partial charge in [0.05, 0.1) is 31.1 Å². The van der Waals surface area contributed by atoms with Crippen LogP contribution in [0.3, 0.4) is 0 Å². The van der Waals surface area contributed by atoms with Crippen LogP contribution in [0.4, 0.5) is 0 Å². The largest absolute Gasteiger partial charge is 0.496 e. The number of rotatable bonds is 6. The minimum atomic E-state index is -3.68. The van der Waals surface area contributed by atoms with Crippen molar-refractivity contribution >= 4 is 22.0 Å². The van der Waals surface area contributed by atoms with Gasteiger partial charge in [-0.2, -0.15) is 22.3 Å². The second kappa shape index (κ2) is 10.00. The fourth-order valence-electron chi connectivity index (χ4n) is 5.99. The Kier molecular flexibility index (Phi) is 6.94. The normalized spacial score (nSPS) is 27.2. The summed E-state index contributed by atoms with van der Waals surface area (Å²) in [6.45, 7) is 1.41. The summed E-state index contributed by atoms with van der Waals surface area (Å²) in [6, 6.07) is 7.32. The lowest BCUT2D eigenvalue weighted by Gasteiger charge is -2.41. The number of nitrogens with zero attached hydrogens (tertiary/aromatic N) is 4. The highest BCUT2D eigenvalue weighted by Gasteiger charge is 2.44. The first kappa shape index (κ1) is 25.0. The average molecular weight is 516 g/mol. The molecule has 194 valence electrons. The lowest BCUT2D eigenvalue weighted by Crippen LogP contribution is -2.57. The maximum absolute atomic E-state index is 13.5. The van der Waals surface area contributed by atoms with Crippen LogP contribution in [-0.4, -0.2) is 79.6 Å². The monoisotopic (exact) mass is 515 g/mol. The van der Waals surface area contributed by atoms with E-state index in [1.165, 1.54) is 8.61 Å². The molecule has 4 aliphatic rings. The summed E-state index contributed by atoms with van der Waals surface area (Å²) < 4.78 is 34.1. The molecule has 3 heterocycles. The highest BCUT2D eigenvalue weighted by atomic mass is 32.2. The van der Waals surface area contributed by atoms with Crippen LogP contribution < -0.4 is 10.1 Å². The third-order valence-electron chi connectivity index (χ3n) is 8.02. The number of hydrogen-bond donors (Lipinski definition) is 1. The molecule has 2 amide bonds. The van der Waals surface area contributed by atoms with Gasteiger partial charge in [0.25, 0.3) is 10.2 Å². The molecule has 0 saturated carbocycles. The fraction of sp³-hybridized carbons (Fsp3) is 0.640. The van der Waals surface area contributed by atoms with Crippen molar-refractivity contribution in [3.05, 3.63) is 29.3 Å². The fourth-order valence-corrected chi connectivity index (χ4v) is 7.78. The summed E-state index contributed by atoms with van der Waals surface area (Å²) in [5.74, 6) is -0.185. The Morgan fingerprint density at radius 1 is 1.08 bits per heavy atom. The van der Waals surface area contributed by atoms with Crippen LogP contribution in [0.15, 0.2) is 18.2 Å². The lowest BCUT2D eigenvalue weighted by molar-refractivity contribution is -0.142. The summed E-state index contributed by atoms with van der Waals surface area (Å²) >= 11 is 0. The molecule has 0 bridgehead atoms. The standard InChI is InChI=1S/C25H33N5O5S/c1-35-23-8-2-6-19-20(23)9-10-21(19)27-24(31)22-7-4-12-30(22)25(32)18-5-3-11-28(16-18)36(33,34)29-14-17(13-26)15-29/h2,6,8,17-18,21-22H,3-5,7,9-12,14-16H2,1H3,(H,27,31)/t18-,21?,22+/m0/s1. The zero-order valence-corrected chi connectivity index (χ0v) is 21.4. The highest BCUT2D eigenvalue weighted by molar-refractivity contribution is 7.86. The SMILES string of the molecule is COc1cccc2c1CCC2NC(=O)[C@H]1CCCN1C(=O)[C@H]1CCCN(S(=O)(=O)N2CC(C#N)C2)C1. The zero-order valence-electron chi connectivity index (χ0n) is 20.6. The first-order chi connectivity index (χ1) is 17.3. The summed E-state index contributed by atoms with van der Waals surface area (Å²) in [4.78, 5) is 28.5. The van der Waals surface area contributed by atoms with Crippen LogP contribution in [0, 0.1) is 23.2 Å². The van der Waals surface area contributed by atoms with Gasteiger partial charge in [0.2, 0.25) is 11.8 Å². The Bertz CT molecular complexity index is 1180. The van der Waals surface area contributed by atoms with Crippen LogP contribution in [0.1, 0.15) is 49.3 Å². The van der Waals surface area contributed by atoms with E-state index in [2.05, 4.69) is 11.4 Å². The maximum atomic E-state index is 13.5. The summed E-state index contributed by atoms with van der Waals surface area (Å²) in [6.07, 6.45) is 4.17. The van der Waals surface area contributed by atoms with Crippen molar-refractivity contribution in [2.24, 2.45) is 11.8 Å². The van der Waals surface area contributed by atoms with Crippen molar-refractivity contribution in [2.45, 2.75) is 50.6 Å². The van der Waals surface area contributed by atoms with Crippen LogP contribution in [0.5, 0.6) is 5.75 Å². The number of nitriles is 1. The van der Waals surface area contributed by atoms with Crippen LogP contribution >= 0.6 is 0 Å². The number of benzene rings is 1. The number of ether oxygens (including phenoxy) is 1. The molecule has 36 heavy (non-hydrogen) atoms. The van der Waals surface area contributed by atoms with Gasteiger partial charge in [-0.05, 0) is 55.7 Å². The second-order valence-corrected chi connectivity index (χ2v) is 12.1. The first-order valence-electron chi connectivity index (χ1n) is 12.7. The number of amides is 2. The van der Waals surface area contributed by atoms with E-state index in [4.69, 9.17) is 10.00 Å². The Morgan fingerprint density at radius 2 is 1.86 bits per heavy atom. The van der Waals surface area contributed by atoms with Crippen molar-refractivity contribution < 1.29 is 22.7 Å². The molecule has 1 aliphatic carbocycles. The molecule has 11 heteroatoms. The van der Waals surface area contributed by atoms with E-state index in [0.717, 1.165) is 36.1 Å². The number of likely N-dealkylation sites (tertiary alicyclic amines) is 1. The van der Waals surface area contributed by atoms with Crippen molar-refractivity contribution in [1.29, 1.82) is 5.26 Å². The van der Waals surface area contributed by atoms with Gasteiger partial charge >= 0.3 is 0 Å².